The van der Waals surface area contributed by atoms with Crippen molar-refractivity contribution < 1.29 is 0 Å². The Morgan fingerprint density at radius 3 is 2.31 bits per heavy atom. The molecule has 0 unspecified atom stereocenters. The maximum atomic E-state index is 2.81. The van der Waals surface area contributed by atoms with Crippen molar-refractivity contribution in [2.45, 2.75) is 51.0 Å². The van der Waals surface area contributed by atoms with E-state index in [9.17, 15) is 0 Å². The Kier molecular flexibility index (Phi) is 2.08. The lowest BCUT2D eigenvalue weighted by molar-refractivity contribution is 0.119. The van der Waals surface area contributed by atoms with Crippen molar-refractivity contribution in [2.24, 2.45) is 11.8 Å². The number of hydrogen-bond acceptors (Lipinski definition) is 1. The molecule has 1 saturated heterocycles. The van der Waals surface area contributed by atoms with E-state index in [0.717, 1.165) is 17.9 Å². The van der Waals surface area contributed by atoms with Crippen molar-refractivity contribution in [1.29, 1.82) is 0 Å². The molecule has 74 valence electrons. The summed E-state index contributed by atoms with van der Waals surface area (Å²) >= 11 is 0. The molecule has 1 heterocycles. The van der Waals surface area contributed by atoms with E-state index in [0.29, 0.717) is 0 Å². The van der Waals surface area contributed by atoms with Crippen LogP contribution in [0.2, 0.25) is 0 Å². The molecule has 3 fully saturated rings. The highest BCUT2D eigenvalue weighted by atomic mass is 15.2. The second kappa shape index (κ2) is 3.27. The number of likely N-dealkylation sites (tertiary alicyclic amines) is 1. The average molecular weight is 179 g/mol. The first-order valence-corrected chi connectivity index (χ1v) is 6.17. The minimum Gasteiger partial charge on any atom is -0.300 e. The molecule has 2 saturated carbocycles. The Bertz CT molecular complexity index is 184. The molecule has 3 atom stereocenters. The second-order valence-corrected chi connectivity index (χ2v) is 5.34. The summed E-state index contributed by atoms with van der Waals surface area (Å²) in [6.07, 6.45) is 10.6. The van der Waals surface area contributed by atoms with Crippen molar-refractivity contribution in [3.05, 3.63) is 0 Å². The van der Waals surface area contributed by atoms with E-state index in [-0.39, 0.29) is 0 Å². The van der Waals surface area contributed by atoms with Crippen LogP contribution in [0.5, 0.6) is 0 Å². The zero-order valence-electron chi connectivity index (χ0n) is 8.54. The van der Waals surface area contributed by atoms with Gasteiger partial charge in [-0.2, -0.15) is 0 Å². The molecule has 0 radical (unpaired) electrons. The lowest BCUT2D eigenvalue weighted by Crippen LogP contribution is -2.42. The molecule has 1 heteroatoms. The third-order valence-corrected chi connectivity index (χ3v) is 4.56. The SMILES string of the molecule is C1CCN([C@H]2C[C@@H]3CC[C@H]2C3)CC1. The number of hydrogen-bond donors (Lipinski definition) is 0. The molecule has 0 N–H and O–H groups in total. The minimum absolute atomic E-state index is 1.01. The molecule has 0 aromatic rings. The van der Waals surface area contributed by atoms with Crippen molar-refractivity contribution in [1.82, 2.24) is 4.90 Å². The third-order valence-electron chi connectivity index (χ3n) is 4.56. The van der Waals surface area contributed by atoms with Crippen molar-refractivity contribution in [3.63, 3.8) is 0 Å². The van der Waals surface area contributed by atoms with E-state index in [4.69, 9.17) is 0 Å². The number of rotatable bonds is 1. The molecule has 3 rings (SSSR count). The highest BCUT2D eigenvalue weighted by Crippen LogP contribution is 2.46. The van der Waals surface area contributed by atoms with Crippen LogP contribution >= 0.6 is 0 Å². The fourth-order valence-electron chi connectivity index (χ4n) is 3.91. The molecular formula is C12H21N. The van der Waals surface area contributed by atoms with Gasteiger partial charge in [0.15, 0.2) is 0 Å². The van der Waals surface area contributed by atoms with Gasteiger partial charge in [-0.1, -0.05) is 12.8 Å². The Morgan fingerprint density at radius 2 is 1.69 bits per heavy atom. The van der Waals surface area contributed by atoms with E-state index in [1.54, 1.807) is 25.7 Å². The van der Waals surface area contributed by atoms with Crippen LogP contribution in [0.15, 0.2) is 0 Å². The average Bonchev–Trinajstić information content (AvgIpc) is 2.80. The molecular weight excluding hydrogens is 158 g/mol. The topological polar surface area (TPSA) is 3.24 Å². The van der Waals surface area contributed by atoms with Gasteiger partial charge in [0.25, 0.3) is 0 Å². The van der Waals surface area contributed by atoms with Crippen LogP contribution in [0, 0.1) is 11.8 Å². The van der Waals surface area contributed by atoms with Crippen molar-refractivity contribution in [2.75, 3.05) is 13.1 Å². The Hall–Kier alpha value is -0.0400. The summed E-state index contributed by atoms with van der Waals surface area (Å²) in [5.74, 6) is 2.22. The smallest absolute Gasteiger partial charge is 0.0126 e. The van der Waals surface area contributed by atoms with Gasteiger partial charge in [0.2, 0.25) is 0 Å². The molecule has 0 aromatic carbocycles. The van der Waals surface area contributed by atoms with Gasteiger partial charge in [0, 0.05) is 6.04 Å². The second-order valence-electron chi connectivity index (χ2n) is 5.34. The molecule has 0 aromatic heterocycles. The number of fused-ring (bicyclic) bond motifs is 2. The first-order valence-electron chi connectivity index (χ1n) is 6.17. The molecule has 3 aliphatic rings. The zero-order chi connectivity index (χ0) is 8.67. The van der Waals surface area contributed by atoms with Gasteiger partial charge >= 0.3 is 0 Å². The third kappa shape index (κ3) is 1.41. The van der Waals surface area contributed by atoms with E-state index < -0.39 is 0 Å². The van der Waals surface area contributed by atoms with E-state index in [2.05, 4.69) is 4.90 Å². The van der Waals surface area contributed by atoms with Crippen LogP contribution in [-0.2, 0) is 0 Å². The normalized spacial score (nSPS) is 45.7. The van der Waals surface area contributed by atoms with Gasteiger partial charge < -0.3 is 4.90 Å². The Morgan fingerprint density at radius 1 is 0.846 bits per heavy atom. The maximum absolute atomic E-state index is 2.81. The summed E-state index contributed by atoms with van der Waals surface area (Å²) in [4.78, 5) is 2.81. The van der Waals surface area contributed by atoms with Crippen LogP contribution < -0.4 is 0 Å². The van der Waals surface area contributed by atoms with Crippen molar-refractivity contribution >= 4 is 0 Å². The van der Waals surface area contributed by atoms with E-state index >= 15 is 0 Å². The van der Waals surface area contributed by atoms with Crippen LogP contribution in [0.3, 0.4) is 0 Å². The Labute approximate surface area is 81.5 Å². The summed E-state index contributed by atoms with van der Waals surface area (Å²) in [5, 5.41) is 0. The van der Waals surface area contributed by atoms with Gasteiger partial charge in [-0.3, -0.25) is 0 Å². The molecule has 0 spiro atoms. The highest BCUT2D eigenvalue weighted by molar-refractivity contribution is 4.95. The monoisotopic (exact) mass is 179 g/mol. The quantitative estimate of drug-likeness (QED) is 0.598. The van der Waals surface area contributed by atoms with Gasteiger partial charge in [0.05, 0.1) is 0 Å². The molecule has 2 aliphatic carbocycles. The summed E-state index contributed by atoms with van der Waals surface area (Å²) in [7, 11) is 0. The molecule has 1 aliphatic heterocycles. The summed E-state index contributed by atoms with van der Waals surface area (Å²) in [6.45, 7) is 2.82. The Balaban J connectivity index is 1.65. The highest BCUT2D eigenvalue weighted by Gasteiger charge is 2.42. The first-order chi connectivity index (χ1) is 6.43. The van der Waals surface area contributed by atoms with Gasteiger partial charge in [0.1, 0.15) is 0 Å². The molecule has 1 nitrogen and oxygen atoms in total. The standard InChI is InChI=1S/C12H21N/c1-2-6-13(7-3-1)12-9-10-4-5-11(12)8-10/h10-12H,1-9H2/t10-,11+,12+/m1/s1. The van der Waals surface area contributed by atoms with E-state index in [1.165, 1.54) is 32.4 Å². The summed E-state index contributed by atoms with van der Waals surface area (Å²) < 4.78 is 0. The number of nitrogens with zero attached hydrogens (tertiary/aromatic N) is 1. The fraction of sp³-hybridized carbons (Fsp3) is 1.00. The predicted octanol–water partition coefficient (Wildman–Crippen LogP) is 2.66. The lowest BCUT2D eigenvalue weighted by atomic mass is 9.92. The summed E-state index contributed by atoms with van der Waals surface area (Å²) in [6, 6.07) is 1.01. The summed E-state index contributed by atoms with van der Waals surface area (Å²) in [5.41, 5.74) is 0. The van der Waals surface area contributed by atoms with E-state index in [1.807, 2.05) is 0 Å². The fourth-order valence-corrected chi connectivity index (χ4v) is 3.91. The van der Waals surface area contributed by atoms with Crippen molar-refractivity contribution in [3.8, 4) is 0 Å². The van der Waals surface area contributed by atoms with Crippen LogP contribution in [0.1, 0.15) is 44.9 Å². The van der Waals surface area contributed by atoms with Crippen LogP contribution in [-0.4, -0.2) is 24.0 Å². The molecule has 2 bridgehead atoms. The van der Waals surface area contributed by atoms with Crippen LogP contribution in [0.25, 0.3) is 0 Å². The minimum atomic E-state index is 1.01. The van der Waals surface area contributed by atoms with Gasteiger partial charge in [-0.25, -0.2) is 0 Å². The number of piperidine rings is 1. The lowest BCUT2D eigenvalue weighted by Gasteiger charge is -2.37. The zero-order valence-corrected chi connectivity index (χ0v) is 8.54. The largest absolute Gasteiger partial charge is 0.300 e. The van der Waals surface area contributed by atoms with Gasteiger partial charge in [-0.05, 0) is 57.0 Å². The molecule has 0 amide bonds. The predicted molar refractivity (Wildman–Crippen MR) is 54.7 cm³/mol. The first kappa shape index (κ1) is 8.28. The molecule has 13 heavy (non-hydrogen) atoms. The van der Waals surface area contributed by atoms with Gasteiger partial charge in [-0.15, -0.1) is 0 Å². The maximum Gasteiger partial charge on any atom is 0.0126 e. The van der Waals surface area contributed by atoms with Crippen LogP contribution in [0.4, 0.5) is 0 Å².